The zero-order chi connectivity index (χ0) is 13.0. The summed E-state index contributed by atoms with van der Waals surface area (Å²) in [6.07, 6.45) is 3.70. The van der Waals surface area contributed by atoms with Crippen LogP contribution in [0.3, 0.4) is 0 Å². The van der Waals surface area contributed by atoms with E-state index >= 15 is 0 Å². The smallest absolute Gasteiger partial charge is 0.253 e. The summed E-state index contributed by atoms with van der Waals surface area (Å²) in [6.45, 7) is 1.52. The van der Waals surface area contributed by atoms with Crippen LogP contribution < -0.4 is 0 Å². The molecule has 96 valence electrons. The molecule has 0 spiro atoms. The minimum atomic E-state index is 0.106. The van der Waals surface area contributed by atoms with Crippen molar-refractivity contribution in [2.75, 3.05) is 13.1 Å². The van der Waals surface area contributed by atoms with Crippen molar-refractivity contribution in [3.05, 3.63) is 46.5 Å². The van der Waals surface area contributed by atoms with E-state index in [4.69, 9.17) is 23.2 Å². The van der Waals surface area contributed by atoms with Gasteiger partial charge in [0.05, 0.1) is 0 Å². The van der Waals surface area contributed by atoms with Crippen LogP contribution in [0.4, 0.5) is 0 Å². The van der Waals surface area contributed by atoms with Gasteiger partial charge in [-0.3, -0.25) is 4.79 Å². The number of nitrogens with zero attached hydrogens (tertiary/aromatic N) is 1. The van der Waals surface area contributed by atoms with E-state index in [1.807, 2.05) is 41.3 Å². The molecular formula is C14H15Cl2NO. The van der Waals surface area contributed by atoms with E-state index < -0.39 is 0 Å². The molecule has 1 aromatic rings. The zero-order valence-electron chi connectivity index (χ0n) is 9.98. The predicted molar refractivity (Wildman–Crippen MR) is 74.9 cm³/mol. The Hall–Kier alpha value is -0.990. The molecule has 0 saturated carbocycles. The third-order valence-electron chi connectivity index (χ3n) is 3.21. The lowest BCUT2D eigenvalue weighted by atomic mass is 9.96. The van der Waals surface area contributed by atoms with Crippen LogP contribution in [0.1, 0.15) is 23.2 Å². The van der Waals surface area contributed by atoms with Crippen LogP contribution >= 0.6 is 23.2 Å². The van der Waals surface area contributed by atoms with E-state index in [2.05, 4.69) is 0 Å². The van der Waals surface area contributed by atoms with Gasteiger partial charge in [-0.25, -0.2) is 0 Å². The average molecular weight is 284 g/mol. The highest BCUT2D eigenvalue weighted by molar-refractivity contribution is 6.55. The van der Waals surface area contributed by atoms with E-state index in [1.54, 1.807) is 0 Å². The van der Waals surface area contributed by atoms with E-state index in [0.29, 0.717) is 10.4 Å². The number of allylic oxidation sites excluding steroid dienone is 1. The number of carbonyl (C=O) groups excluding carboxylic acids is 1. The van der Waals surface area contributed by atoms with Crippen LogP contribution in [-0.4, -0.2) is 23.9 Å². The Morgan fingerprint density at radius 1 is 1.17 bits per heavy atom. The van der Waals surface area contributed by atoms with Crippen LogP contribution in [0, 0.1) is 5.92 Å². The van der Waals surface area contributed by atoms with E-state index in [1.165, 1.54) is 0 Å². The highest BCUT2D eigenvalue weighted by Crippen LogP contribution is 2.23. The van der Waals surface area contributed by atoms with Crippen molar-refractivity contribution in [3.63, 3.8) is 0 Å². The first kappa shape index (κ1) is 13.4. The summed E-state index contributed by atoms with van der Waals surface area (Å²) in [6, 6.07) is 9.39. The number of benzene rings is 1. The molecule has 18 heavy (non-hydrogen) atoms. The van der Waals surface area contributed by atoms with Gasteiger partial charge >= 0.3 is 0 Å². The largest absolute Gasteiger partial charge is 0.339 e. The van der Waals surface area contributed by atoms with Crippen LogP contribution in [0.2, 0.25) is 0 Å². The van der Waals surface area contributed by atoms with Gasteiger partial charge in [0, 0.05) is 18.7 Å². The van der Waals surface area contributed by atoms with Gasteiger partial charge in [-0.2, -0.15) is 0 Å². The van der Waals surface area contributed by atoms with Gasteiger partial charge in [-0.05, 0) is 30.9 Å². The number of carbonyl (C=O) groups is 1. The highest BCUT2D eigenvalue weighted by atomic mass is 35.5. The molecule has 0 atom stereocenters. The maximum Gasteiger partial charge on any atom is 0.253 e. The summed E-state index contributed by atoms with van der Waals surface area (Å²) >= 11 is 11.3. The lowest BCUT2D eigenvalue weighted by molar-refractivity contribution is 0.0705. The molecule has 0 aromatic heterocycles. The van der Waals surface area contributed by atoms with Gasteiger partial charge in [0.15, 0.2) is 0 Å². The Bertz CT molecular complexity index is 432. The maximum absolute atomic E-state index is 12.2. The number of likely N-dealkylation sites (tertiary alicyclic amines) is 1. The van der Waals surface area contributed by atoms with Crippen molar-refractivity contribution in [2.24, 2.45) is 5.92 Å². The first-order valence-corrected chi connectivity index (χ1v) is 6.79. The number of piperidine rings is 1. The summed E-state index contributed by atoms with van der Waals surface area (Å²) in [5, 5.41) is 0. The normalized spacial score (nSPS) is 16.4. The Morgan fingerprint density at radius 2 is 1.78 bits per heavy atom. The molecule has 1 aliphatic rings. The molecule has 1 amide bonds. The molecular weight excluding hydrogens is 269 g/mol. The second kappa shape index (κ2) is 6.26. The monoisotopic (exact) mass is 283 g/mol. The summed E-state index contributed by atoms with van der Waals surface area (Å²) in [5.41, 5.74) is 0.752. The molecule has 1 aliphatic heterocycles. The third-order valence-corrected chi connectivity index (χ3v) is 3.46. The topological polar surface area (TPSA) is 20.3 Å². The van der Waals surface area contributed by atoms with Gasteiger partial charge in [0.25, 0.3) is 5.91 Å². The quantitative estimate of drug-likeness (QED) is 0.807. The van der Waals surface area contributed by atoms with Crippen LogP contribution in [0.15, 0.2) is 40.9 Å². The number of hydrogen-bond donors (Lipinski definition) is 0. The first-order valence-electron chi connectivity index (χ1n) is 6.04. The van der Waals surface area contributed by atoms with Crippen molar-refractivity contribution >= 4 is 29.1 Å². The van der Waals surface area contributed by atoms with Gasteiger partial charge in [-0.15, -0.1) is 0 Å². The Labute approximate surface area is 117 Å². The minimum Gasteiger partial charge on any atom is -0.339 e. The first-order chi connectivity index (χ1) is 8.66. The fourth-order valence-electron chi connectivity index (χ4n) is 2.21. The van der Waals surface area contributed by atoms with Crippen molar-refractivity contribution in [3.8, 4) is 0 Å². The third kappa shape index (κ3) is 3.50. The summed E-state index contributed by atoms with van der Waals surface area (Å²) in [7, 11) is 0. The number of amides is 1. The van der Waals surface area contributed by atoms with E-state index in [9.17, 15) is 4.79 Å². The van der Waals surface area contributed by atoms with Crippen molar-refractivity contribution in [2.45, 2.75) is 12.8 Å². The van der Waals surface area contributed by atoms with Crippen molar-refractivity contribution in [1.82, 2.24) is 4.90 Å². The lowest BCUT2D eigenvalue weighted by Crippen LogP contribution is -2.38. The summed E-state index contributed by atoms with van der Waals surface area (Å²) in [5.74, 6) is 0.491. The van der Waals surface area contributed by atoms with Gasteiger partial charge < -0.3 is 4.90 Å². The molecule has 1 saturated heterocycles. The fraction of sp³-hybridized carbons (Fsp3) is 0.357. The van der Waals surface area contributed by atoms with E-state index in [-0.39, 0.29) is 5.91 Å². The Balaban J connectivity index is 1.94. The number of halogens is 2. The molecule has 0 N–H and O–H groups in total. The Kier molecular flexibility index (Phi) is 4.67. The molecule has 0 aliphatic carbocycles. The summed E-state index contributed by atoms with van der Waals surface area (Å²) < 4.78 is 0.322. The van der Waals surface area contributed by atoms with Crippen molar-refractivity contribution < 1.29 is 4.79 Å². The fourth-order valence-corrected chi connectivity index (χ4v) is 2.57. The molecule has 4 heteroatoms. The molecule has 1 aromatic carbocycles. The molecule has 2 nitrogen and oxygen atoms in total. The van der Waals surface area contributed by atoms with Crippen LogP contribution in [-0.2, 0) is 0 Å². The molecule has 0 radical (unpaired) electrons. The SMILES string of the molecule is O=C(c1ccccc1)N1CCC(C=C(Cl)Cl)CC1. The molecule has 1 fully saturated rings. The minimum absolute atomic E-state index is 0.106. The molecule has 1 heterocycles. The standard InChI is InChI=1S/C14H15Cl2NO/c15-13(16)10-11-6-8-17(9-7-11)14(18)12-4-2-1-3-5-12/h1-5,10-11H,6-9H2. The van der Waals surface area contributed by atoms with Crippen LogP contribution in [0.25, 0.3) is 0 Å². The van der Waals surface area contributed by atoms with Gasteiger partial charge in [0.1, 0.15) is 4.49 Å². The van der Waals surface area contributed by atoms with E-state index in [0.717, 1.165) is 31.5 Å². The second-order valence-corrected chi connectivity index (χ2v) is 5.46. The average Bonchev–Trinajstić information content (AvgIpc) is 2.39. The number of rotatable bonds is 2. The van der Waals surface area contributed by atoms with Gasteiger partial charge in [0.2, 0.25) is 0 Å². The van der Waals surface area contributed by atoms with Crippen LogP contribution in [0.5, 0.6) is 0 Å². The molecule has 0 unspecified atom stereocenters. The molecule has 0 bridgehead atoms. The zero-order valence-corrected chi connectivity index (χ0v) is 11.5. The maximum atomic E-state index is 12.2. The molecule has 2 rings (SSSR count). The second-order valence-electron chi connectivity index (χ2n) is 4.45. The Morgan fingerprint density at radius 3 is 2.33 bits per heavy atom. The highest BCUT2D eigenvalue weighted by Gasteiger charge is 2.22. The number of hydrogen-bond acceptors (Lipinski definition) is 1. The predicted octanol–water partition coefficient (Wildman–Crippen LogP) is 3.86. The van der Waals surface area contributed by atoms with Gasteiger partial charge in [-0.1, -0.05) is 47.5 Å². The lowest BCUT2D eigenvalue weighted by Gasteiger charge is -2.30. The van der Waals surface area contributed by atoms with Crippen molar-refractivity contribution in [1.29, 1.82) is 0 Å². The summed E-state index contributed by atoms with van der Waals surface area (Å²) in [4.78, 5) is 14.1.